The molecule has 1 N–H and O–H groups in total. The number of carbonyl (C=O) groups excluding carboxylic acids is 1. The van der Waals surface area contributed by atoms with Gasteiger partial charge in [0.05, 0.1) is 5.60 Å². The summed E-state index contributed by atoms with van der Waals surface area (Å²) < 4.78 is 0. The van der Waals surface area contributed by atoms with Gasteiger partial charge in [0.2, 0.25) is 0 Å². The summed E-state index contributed by atoms with van der Waals surface area (Å²) in [5, 5.41) is 8.52. The maximum atomic E-state index is 8.52. The third-order valence-electron chi connectivity index (χ3n) is 0. The zero-order chi connectivity index (χ0) is 6.50. The van der Waals surface area contributed by atoms with Crippen LogP contribution in [-0.2, 0) is 21.9 Å². The Kier molecular flexibility index (Phi) is 14.0. The van der Waals surface area contributed by atoms with Crippen molar-refractivity contribution in [3.8, 4) is 0 Å². The van der Waals surface area contributed by atoms with E-state index in [0.717, 1.165) is 0 Å². The van der Waals surface area contributed by atoms with Gasteiger partial charge in [0.25, 0.3) is 0 Å². The number of carbonyl (C=O) groups is 1. The largest absolute Gasteiger partial charge is 0.391 e. The summed E-state index contributed by atoms with van der Waals surface area (Å²) in [6, 6.07) is 0. The average molecular weight is 168 g/mol. The third-order valence-corrected chi connectivity index (χ3v) is 0. The summed E-state index contributed by atoms with van der Waals surface area (Å²) in [6.45, 7) is 7.23. The zero-order valence-corrected chi connectivity index (χ0v) is 6.31. The number of hydrogen-bond donors (Lipinski definition) is 1. The molecule has 0 spiro atoms. The maximum Gasteiger partial charge on any atom is 0.106 e. The average Bonchev–Trinajstić information content (AvgIpc) is 1.36. The Balaban J connectivity index is -0.0000000750. The topological polar surface area (TPSA) is 37.3 Å². The van der Waals surface area contributed by atoms with E-state index in [0.29, 0.717) is 0 Å². The van der Waals surface area contributed by atoms with E-state index in [1.165, 1.54) is 0 Å². The van der Waals surface area contributed by atoms with Crippen LogP contribution in [0.25, 0.3) is 0 Å². The molecule has 55 valence electrons. The quantitative estimate of drug-likeness (QED) is 0.537. The van der Waals surface area contributed by atoms with Gasteiger partial charge in [-0.05, 0) is 20.8 Å². The first-order chi connectivity index (χ1) is 3.00. The Morgan fingerprint density at radius 2 is 1.25 bits per heavy atom. The normalized spacial score (nSPS) is 8.00. The molecule has 0 aromatic heterocycles. The van der Waals surface area contributed by atoms with Crippen LogP contribution in [0.4, 0.5) is 0 Å². The fraction of sp³-hybridized carbons (Fsp3) is 0.800. The predicted octanol–water partition coefficient (Wildman–Crippen LogP) is 0.590. The molecule has 0 saturated heterocycles. The van der Waals surface area contributed by atoms with Crippen molar-refractivity contribution in [2.75, 3.05) is 0 Å². The third kappa shape index (κ3) is 7300. The Morgan fingerprint density at radius 3 is 1.25 bits per heavy atom. The zero-order valence-electron chi connectivity index (χ0n) is 5.36. The van der Waals surface area contributed by atoms with Gasteiger partial charge in [0.15, 0.2) is 0 Å². The first kappa shape index (κ1) is 15.7. The van der Waals surface area contributed by atoms with E-state index < -0.39 is 5.60 Å². The second kappa shape index (κ2) is 7.15. The van der Waals surface area contributed by atoms with Crippen LogP contribution in [0.1, 0.15) is 20.8 Å². The molecule has 2 nitrogen and oxygen atoms in total. The molecule has 0 aliphatic heterocycles. The van der Waals surface area contributed by atoms with Crippen LogP contribution < -0.4 is 0 Å². The molecule has 0 aliphatic rings. The number of aliphatic hydroxyl groups is 1. The monoisotopic (exact) mass is 167 g/mol. The molecule has 0 unspecified atom stereocenters. The van der Waals surface area contributed by atoms with Crippen LogP contribution in [-0.4, -0.2) is 17.5 Å². The van der Waals surface area contributed by atoms with Crippen LogP contribution in [0.3, 0.4) is 0 Å². The summed E-state index contributed by atoms with van der Waals surface area (Å²) in [5.74, 6) is 0. The van der Waals surface area contributed by atoms with Gasteiger partial charge in [-0.2, -0.15) is 0 Å². The van der Waals surface area contributed by atoms with E-state index >= 15 is 0 Å². The van der Waals surface area contributed by atoms with Crippen molar-refractivity contribution in [2.24, 2.45) is 0 Å². The fourth-order valence-corrected chi connectivity index (χ4v) is 0. The molecular formula is C5H12CuO2. The van der Waals surface area contributed by atoms with Crippen LogP contribution >= 0.6 is 0 Å². The summed E-state index contributed by atoms with van der Waals surface area (Å²) >= 11 is 0. The SMILES string of the molecule is C=O.CC(C)(C)O.[Cu]. The van der Waals surface area contributed by atoms with Crippen LogP contribution in [0.15, 0.2) is 0 Å². The molecule has 0 aromatic carbocycles. The standard InChI is InChI=1S/C4H10O.CH2O.Cu/c1-4(2,3)5;1-2;/h5H,1-3H3;1H2;. The predicted molar refractivity (Wildman–Crippen MR) is 29.1 cm³/mol. The molecule has 0 bridgehead atoms. The van der Waals surface area contributed by atoms with Crippen molar-refractivity contribution < 1.29 is 27.0 Å². The Labute approximate surface area is 60.8 Å². The minimum atomic E-state index is -0.500. The van der Waals surface area contributed by atoms with E-state index in [2.05, 4.69) is 0 Å². The Bertz CT molecular complexity index is 34.2. The molecule has 0 heterocycles. The van der Waals surface area contributed by atoms with Crippen molar-refractivity contribution in [3.63, 3.8) is 0 Å². The fourth-order valence-electron chi connectivity index (χ4n) is 0. The van der Waals surface area contributed by atoms with Gasteiger partial charge in [-0.25, -0.2) is 0 Å². The second-order valence-electron chi connectivity index (χ2n) is 2.17. The Hall–Kier alpha value is 0.149. The molecular weight excluding hydrogens is 156 g/mol. The van der Waals surface area contributed by atoms with E-state index in [-0.39, 0.29) is 17.1 Å². The molecule has 0 fully saturated rings. The van der Waals surface area contributed by atoms with E-state index in [4.69, 9.17) is 9.90 Å². The first-order valence-electron chi connectivity index (χ1n) is 2.01. The van der Waals surface area contributed by atoms with Crippen molar-refractivity contribution in [2.45, 2.75) is 26.4 Å². The molecule has 0 aliphatic carbocycles. The van der Waals surface area contributed by atoms with Crippen LogP contribution in [0, 0.1) is 0 Å². The van der Waals surface area contributed by atoms with Gasteiger partial charge in [-0.15, -0.1) is 0 Å². The van der Waals surface area contributed by atoms with E-state index in [9.17, 15) is 0 Å². The molecule has 3 heteroatoms. The summed E-state index contributed by atoms with van der Waals surface area (Å²) in [4.78, 5) is 8.00. The van der Waals surface area contributed by atoms with Gasteiger partial charge < -0.3 is 9.90 Å². The minimum absolute atomic E-state index is 0. The first-order valence-corrected chi connectivity index (χ1v) is 2.01. The summed E-state index contributed by atoms with van der Waals surface area (Å²) in [6.07, 6.45) is 0. The van der Waals surface area contributed by atoms with Gasteiger partial charge in [-0.3, -0.25) is 0 Å². The molecule has 1 radical (unpaired) electrons. The molecule has 0 saturated carbocycles. The smallest absolute Gasteiger partial charge is 0.106 e. The second-order valence-corrected chi connectivity index (χ2v) is 2.17. The molecule has 0 rings (SSSR count). The summed E-state index contributed by atoms with van der Waals surface area (Å²) in [7, 11) is 0. The number of hydrogen-bond acceptors (Lipinski definition) is 2. The van der Waals surface area contributed by atoms with Crippen molar-refractivity contribution >= 4 is 6.79 Å². The minimum Gasteiger partial charge on any atom is -0.391 e. The summed E-state index contributed by atoms with van der Waals surface area (Å²) in [5.41, 5.74) is -0.500. The maximum absolute atomic E-state index is 8.52. The van der Waals surface area contributed by atoms with E-state index in [1.807, 2.05) is 6.79 Å². The van der Waals surface area contributed by atoms with E-state index in [1.54, 1.807) is 20.8 Å². The molecule has 8 heavy (non-hydrogen) atoms. The Morgan fingerprint density at radius 1 is 1.25 bits per heavy atom. The van der Waals surface area contributed by atoms with Crippen LogP contribution in [0.5, 0.6) is 0 Å². The van der Waals surface area contributed by atoms with Crippen molar-refractivity contribution in [1.29, 1.82) is 0 Å². The molecule has 0 aromatic rings. The number of rotatable bonds is 0. The van der Waals surface area contributed by atoms with Gasteiger partial charge >= 0.3 is 0 Å². The van der Waals surface area contributed by atoms with Gasteiger partial charge in [0.1, 0.15) is 6.79 Å². The van der Waals surface area contributed by atoms with Crippen LogP contribution in [0.2, 0.25) is 0 Å². The van der Waals surface area contributed by atoms with Gasteiger partial charge in [0, 0.05) is 17.1 Å². The van der Waals surface area contributed by atoms with Gasteiger partial charge in [-0.1, -0.05) is 0 Å². The van der Waals surface area contributed by atoms with Crippen molar-refractivity contribution in [3.05, 3.63) is 0 Å². The molecule has 0 atom stereocenters. The molecule has 0 amide bonds. The van der Waals surface area contributed by atoms with Crippen molar-refractivity contribution in [1.82, 2.24) is 0 Å².